The highest BCUT2D eigenvalue weighted by Crippen LogP contribution is 2.02. The lowest BCUT2D eigenvalue weighted by Gasteiger charge is -2.15. The van der Waals surface area contributed by atoms with Gasteiger partial charge in [-0.3, -0.25) is 4.79 Å². The molecule has 3 heteroatoms. The molecule has 0 radical (unpaired) electrons. The van der Waals surface area contributed by atoms with Gasteiger partial charge in [-0.15, -0.1) is 0 Å². The van der Waals surface area contributed by atoms with Crippen molar-refractivity contribution in [3.63, 3.8) is 0 Å². The van der Waals surface area contributed by atoms with Crippen molar-refractivity contribution < 1.29 is 9.90 Å². The average Bonchev–Trinajstić information content (AvgIpc) is 2.39. The molecule has 3 nitrogen and oxygen atoms in total. The molecule has 0 aliphatic heterocycles. The van der Waals surface area contributed by atoms with E-state index in [2.05, 4.69) is 5.32 Å². The summed E-state index contributed by atoms with van der Waals surface area (Å²) in [6, 6.07) is 9.52. The third-order valence-corrected chi connectivity index (χ3v) is 2.44. The highest BCUT2D eigenvalue weighted by atomic mass is 16.3. The second-order valence-corrected chi connectivity index (χ2v) is 3.96. The number of benzene rings is 1. The van der Waals surface area contributed by atoms with Crippen LogP contribution < -0.4 is 5.32 Å². The minimum Gasteiger partial charge on any atom is -0.394 e. The minimum absolute atomic E-state index is 0.0713. The SMILES string of the molecule is CC=CC=CC(=O)N[C@H](CO)Cc1ccccc1. The van der Waals surface area contributed by atoms with E-state index >= 15 is 0 Å². The number of carbonyl (C=O) groups excluding carboxylic acids is 1. The standard InChI is InChI=1S/C15H19NO2/c1-2-3-5-10-15(18)16-14(12-17)11-13-8-6-4-7-9-13/h2-10,14,17H,11-12H2,1H3,(H,16,18)/t14-/m0/s1. The van der Waals surface area contributed by atoms with Crippen LogP contribution in [0.4, 0.5) is 0 Å². The zero-order valence-electron chi connectivity index (χ0n) is 10.5. The van der Waals surface area contributed by atoms with Crippen molar-refractivity contribution in [2.75, 3.05) is 6.61 Å². The van der Waals surface area contributed by atoms with Gasteiger partial charge in [-0.1, -0.05) is 48.6 Å². The van der Waals surface area contributed by atoms with Crippen LogP contribution in [0.1, 0.15) is 12.5 Å². The molecule has 0 spiro atoms. The van der Waals surface area contributed by atoms with Gasteiger partial charge in [-0.2, -0.15) is 0 Å². The first-order valence-corrected chi connectivity index (χ1v) is 6.01. The van der Waals surface area contributed by atoms with Crippen LogP contribution in [0.3, 0.4) is 0 Å². The van der Waals surface area contributed by atoms with Gasteiger partial charge in [-0.25, -0.2) is 0 Å². The van der Waals surface area contributed by atoms with E-state index in [0.717, 1.165) is 5.56 Å². The summed E-state index contributed by atoms with van der Waals surface area (Å²) in [5.41, 5.74) is 1.09. The first-order chi connectivity index (χ1) is 8.76. The Bertz CT molecular complexity index is 410. The Morgan fingerprint density at radius 2 is 2.06 bits per heavy atom. The van der Waals surface area contributed by atoms with Crippen molar-refractivity contribution >= 4 is 5.91 Å². The molecule has 0 bridgehead atoms. The molecule has 0 saturated heterocycles. The first kappa shape index (κ1) is 14.2. The van der Waals surface area contributed by atoms with E-state index in [-0.39, 0.29) is 18.6 Å². The molecular weight excluding hydrogens is 226 g/mol. The molecule has 0 aliphatic carbocycles. The van der Waals surface area contributed by atoms with Gasteiger partial charge in [0, 0.05) is 6.08 Å². The average molecular weight is 245 g/mol. The third kappa shape index (κ3) is 5.46. The Morgan fingerprint density at radius 3 is 2.67 bits per heavy atom. The number of aliphatic hydroxyl groups excluding tert-OH is 1. The van der Waals surface area contributed by atoms with Gasteiger partial charge in [0.05, 0.1) is 12.6 Å². The molecule has 1 aromatic carbocycles. The third-order valence-electron chi connectivity index (χ3n) is 2.44. The van der Waals surface area contributed by atoms with E-state index in [4.69, 9.17) is 0 Å². The van der Waals surface area contributed by atoms with Crippen molar-refractivity contribution in [1.29, 1.82) is 0 Å². The normalized spacial score (nSPS) is 13.0. The van der Waals surface area contributed by atoms with Crippen LogP contribution in [0, 0.1) is 0 Å². The molecule has 0 heterocycles. The number of amides is 1. The van der Waals surface area contributed by atoms with E-state index in [1.54, 1.807) is 12.2 Å². The Balaban J connectivity index is 2.49. The van der Waals surface area contributed by atoms with Gasteiger partial charge in [0.1, 0.15) is 0 Å². The Labute approximate surface area is 108 Å². The maximum absolute atomic E-state index is 11.5. The number of nitrogens with one attached hydrogen (secondary N) is 1. The molecule has 0 saturated carbocycles. The predicted molar refractivity (Wildman–Crippen MR) is 73.1 cm³/mol. The van der Waals surface area contributed by atoms with Crippen LogP contribution >= 0.6 is 0 Å². The van der Waals surface area contributed by atoms with Gasteiger partial charge in [0.15, 0.2) is 0 Å². The molecule has 0 unspecified atom stereocenters. The van der Waals surface area contributed by atoms with Gasteiger partial charge >= 0.3 is 0 Å². The Hall–Kier alpha value is -1.87. The van der Waals surface area contributed by atoms with E-state index < -0.39 is 0 Å². The summed E-state index contributed by atoms with van der Waals surface area (Å²) in [4.78, 5) is 11.5. The molecule has 0 aliphatic rings. The second-order valence-electron chi connectivity index (χ2n) is 3.96. The van der Waals surface area contributed by atoms with Crippen molar-refractivity contribution in [3.8, 4) is 0 Å². The molecule has 1 atom stereocenters. The number of hydrogen-bond donors (Lipinski definition) is 2. The van der Waals surface area contributed by atoms with Crippen molar-refractivity contribution in [1.82, 2.24) is 5.32 Å². The lowest BCUT2D eigenvalue weighted by molar-refractivity contribution is -0.117. The molecule has 96 valence electrons. The predicted octanol–water partition coefficient (Wildman–Crippen LogP) is 1.84. The molecule has 1 amide bonds. The summed E-state index contributed by atoms with van der Waals surface area (Å²) in [6.07, 6.45) is 7.38. The molecule has 18 heavy (non-hydrogen) atoms. The van der Waals surface area contributed by atoms with Gasteiger partial charge < -0.3 is 10.4 Å². The summed E-state index contributed by atoms with van der Waals surface area (Å²) < 4.78 is 0. The van der Waals surface area contributed by atoms with Crippen molar-refractivity contribution in [3.05, 3.63) is 60.2 Å². The summed E-state index contributed by atoms with van der Waals surface area (Å²) in [5, 5.41) is 12.0. The van der Waals surface area contributed by atoms with Crippen LogP contribution in [0.15, 0.2) is 54.6 Å². The first-order valence-electron chi connectivity index (χ1n) is 6.01. The second kappa shape index (κ2) is 8.25. The highest BCUT2D eigenvalue weighted by molar-refractivity contribution is 5.88. The summed E-state index contributed by atoms with van der Waals surface area (Å²) >= 11 is 0. The number of allylic oxidation sites excluding steroid dienone is 3. The monoisotopic (exact) mass is 245 g/mol. The largest absolute Gasteiger partial charge is 0.394 e. The summed E-state index contributed by atoms with van der Waals surface area (Å²) in [6.45, 7) is 1.81. The van der Waals surface area contributed by atoms with Crippen molar-refractivity contribution in [2.24, 2.45) is 0 Å². The number of hydrogen-bond acceptors (Lipinski definition) is 2. The molecule has 0 fully saturated rings. The van der Waals surface area contributed by atoms with E-state index in [9.17, 15) is 9.90 Å². The van der Waals surface area contributed by atoms with Crippen LogP contribution in [0.25, 0.3) is 0 Å². The van der Waals surface area contributed by atoms with E-state index in [1.807, 2.05) is 43.3 Å². The molecule has 1 rings (SSSR count). The Kier molecular flexibility index (Phi) is 6.51. The number of carbonyl (C=O) groups is 1. The zero-order valence-corrected chi connectivity index (χ0v) is 10.5. The maximum Gasteiger partial charge on any atom is 0.244 e. The topological polar surface area (TPSA) is 49.3 Å². The lowest BCUT2D eigenvalue weighted by atomic mass is 10.1. The van der Waals surface area contributed by atoms with Crippen LogP contribution in [0.2, 0.25) is 0 Å². The lowest BCUT2D eigenvalue weighted by Crippen LogP contribution is -2.38. The molecule has 0 aromatic heterocycles. The van der Waals surface area contributed by atoms with Gasteiger partial charge in [0.25, 0.3) is 0 Å². The van der Waals surface area contributed by atoms with Crippen LogP contribution in [-0.4, -0.2) is 23.7 Å². The van der Waals surface area contributed by atoms with E-state index in [0.29, 0.717) is 6.42 Å². The number of aliphatic hydroxyl groups is 1. The van der Waals surface area contributed by atoms with Crippen LogP contribution in [0.5, 0.6) is 0 Å². The van der Waals surface area contributed by atoms with E-state index in [1.165, 1.54) is 6.08 Å². The zero-order chi connectivity index (χ0) is 13.2. The minimum atomic E-state index is -0.254. The maximum atomic E-state index is 11.5. The summed E-state index contributed by atoms with van der Waals surface area (Å²) in [7, 11) is 0. The fourth-order valence-corrected chi connectivity index (χ4v) is 1.56. The Morgan fingerprint density at radius 1 is 1.33 bits per heavy atom. The smallest absolute Gasteiger partial charge is 0.244 e. The highest BCUT2D eigenvalue weighted by Gasteiger charge is 2.09. The number of rotatable bonds is 6. The van der Waals surface area contributed by atoms with Crippen LogP contribution in [-0.2, 0) is 11.2 Å². The molecule has 1 aromatic rings. The quantitative estimate of drug-likeness (QED) is 0.593. The van der Waals surface area contributed by atoms with Crippen molar-refractivity contribution in [2.45, 2.75) is 19.4 Å². The fraction of sp³-hybridized carbons (Fsp3) is 0.267. The molecular formula is C15H19NO2. The van der Waals surface area contributed by atoms with Gasteiger partial charge in [-0.05, 0) is 18.9 Å². The molecule has 2 N–H and O–H groups in total. The summed E-state index contributed by atoms with van der Waals surface area (Å²) in [5.74, 6) is -0.192. The fourth-order valence-electron chi connectivity index (χ4n) is 1.56. The van der Waals surface area contributed by atoms with Gasteiger partial charge in [0.2, 0.25) is 5.91 Å².